The van der Waals surface area contributed by atoms with Crippen LogP contribution in [0, 0.1) is 6.92 Å². The predicted octanol–water partition coefficient (Wildman–Crippen LogP) is 2.86. The number of aromatic nitrogens is 1. The van der Waals surface area contributed by atoms with E-state index in [1.165, 1.54) is 6.92 Å². The molecule has 1 heterocycles. The van der Waals surface area contributed by atoms with Gasteiger partial charge in [-0.2, -0.15) is 0 Å². The number of carbonyl (C=O) groups excluding carboxylic acids is 2. The van der Waals surface area contributed by atoms with Crippen molar-refractivity contribution >= 4 is 22.7 Å². The zero-order valence-corrected chi connectivity index (χ0v) is 10.7. The van der Waals surface area contributed by atoms with Gasteiger partial charge < -0.3 is 9.72 Å². The molecule has 2 rings (SSSR count). The third kappa shape index (κ3) is 2.01. The lowest BCUT2D eigenvalue weighted by Gasteiger charge is -2.01. The molecule has 0 radical (unpaired) electrons. The minimum atomic E-state index is -0.489. The number of ether oxygens (including phenoxy) is 1. The molecule has 1 aromatic heterocycles. The number of aromatic amines is 1. The maximum absolute atomic E-state index is 11.8. The molecule has 1 N–H and O–H groups in total. The van der Waals surface area contributed by atoms with Gasteiger partial charge in [-0.15, -0.1) is 0 Å². The van der Waals surface area contributed by atoms with E-state index in [1.807, 2.05) is 25.1 Å². The van der Waals surface area contributed by atoms with Crippen LogP contribution < -0.4 is 0 Å². The number of Topliss-reactive ketones (excluding diaryl/α,β-unsaturated/α-hetero) is 1. The summed E-state index contributed by atoms with van der Waals surface area (Å²) in [6, 6.07) is 5.68. The Kier molecular flexibility index (Phi) is 3.19. The van der Waals surface area contributed by atoms with Crippen molar-refractivity contribution in [1.82, 2.24) is 4.98 Å². The van der Waals surface area contributed by atoms with Crippen LogP contribution in [0.15, 0.2) is 18.2 Å². The number of carbonyl (C=O) groups is 2. The van der Waals surface area contributed by atoms with Gasteiger partial charge in [-0.3, -0.25) is 4.79 Å². The number of ketones is 1. The topological polar surface area (TPSA) is 59.2 Å². The van der Waals surface area contributed by atoms with Gasteiger partial charge in [-0.05, 0) is 32.9 Å². The van der Waals surface area contributed by atoms with Crippen LogP contribution in [0.5, 0.6) is 0 Å². The van der Waals surface area contributed by atoms with E-state index in [9.17, 15) is 9.59 Å². The fraction of sp³-hybridized carbons (Fsp3) is 0.286. The minimum Gasteiger partial charge on any atom is -0.461 e. The quantitative estimate of drug-likeness (QED) is 0.668. The van der Waals surface area contributed by atoms with Gasteiger partial charge in [-0.25, -0.2) is 4.79 Å². The second-order valence-electron chi connectivity index (χ2n) is 4.20. The lowest BCUT2D eigenvalue weighted by Crippen LogP contribution is -2.09. The predicted molar refractivity (Wildman–Crippen MR) is 69.0 cm³/mol. The van der Waals surface area contributed by atoms with E-state index in [1.54, 1.807) is 6.92 Å². The van der Waals surface area contributed by atoms with Crippen LogP contribution >= 0.6 is 0 Å². The van der Waals surface area contributed by atoms with E-state index >= 15 is 0 Å². The molecule has 0 aliphatic carbocycles. The van der Waals surface area contributed by atoms with Crippen LogP contribution in [0.3, 0.4) is 0 Å². The first-order valence-corrected chi connectivity index (χ1v) is 5.85. The number of aryl methyl sites for hydroxylation is 1. The van der Waals surface area contributed by atoms with E-state index < -0.39 is 5.97 Å². The standard InChI is InChI=1S/C14H15NO3/c1-4-18-14(17)13-12(9(3)16)10-7-8(2)5-6-11(10)15-13/h5-7,15H,4H2,1-3H3. The van der Waals surface area contributed by atoms with Crippen LogP contribution in [0.4, 0.5) is 0 Å². The van der Waals surface area contributed by atoms with Crippen LogP contribution in [0.25, 0.3) is 10.9 Å². The number of fused-ring (bicyclic) bond motifs is 1. The number of hydrogen-bond donors (Lipinski definition) is 1. The highest BCUT2D eigenvalue weighted by Crippen LogP contribution is 2.24. The first-order chi connectivity index (χ1) is 8.54. The third-order valence-electron chi connectivity index (χ3n) is 2.79. The number of hydrogen-bond acceptors (Lipinski definition) is 3. The van der Waals surface area contributed by atoms with Crippen LogP contribution in [-0.2, 0) is 4.74 Å². The average Bonchev–Trinajstić information content (AvgIpc) is 2.67. The summed E-state index contributed by atoms with van der Waals surface area (Å²) < 4.78 is 4.96. The molecular formula is C14H15NO3. The summed E-state index contributed by atoms with van der Waals surface area (Å²) in [6.45, 7) is 5.41. The van der Waals surface area contributed by atoms with Gasteiger partial charge in [0.15, 0.2) is 5.78 Å². The molecule has 0 fully saturated rings. The number of H-pyrrole nitrogens is 1. The maximum atomic E-state index is 11.8. The summed E-state index contributed by atoms with van der Waals surface area (Å²) in [6.07, 6.45) is 0. The van der Waals surface area contributed by atoms with Crippen LogP contribution in [0.1, 0.15) is 40.3 Å². The fourth-order valence-corrected chi connectivity index (χ4v) is 2.03. The smallest absolute Gasteiger partial charge is 0.355 e. The molecular weight excluding hydrogens is 230 g/mol. The zero-order chi connectivity index (χ0) is 13.3. The summed E-state index contributed by atoms with van der Waals surface area (Å²) in [7, 11) is 0. The van der Waals surface area contributed by atoms with Crippen LogP contribution in [-0.4, -0.2) is 23.3 Å². The lowest BCUT2D eigenvalue weighted by molar-refractivity contribution is 0.0517. The van der Waals surface area contributed by atoms with Gasteiger partial charge in [0, 0.05) is 10.9 Å². The Bertz CT molecular complexity index is 625. The van der Waals surface area contributed by atoms with Gasteiger partial charge in [0.1, 0.15) is 5.69 Å². The van der Waals surface area contributed by atoms with E-state index in [4.69, 9.17) is 4.74 Å². The van der Waals surface area contributed by atoms with E-state index in [0.717, 1.165) is 16.5 Å². The summed E-state index contributed by atoms with van der Waals surface area (Å²) in [5, 5.41) is 0.769. The van der Waals surface area contributed by atoms with Gasteiger partial charge in [0.05, 0.1) is 12.2 Å². The highest BCUT2D eigenvalue weighted by molar-refractivity contribution is 6.14. The van der Waals surface area contributed by atoms with Gasteiger partial charge in [0.2, 0.25) is 0 Å². The Morgan fingerprint density at radius 1 is 1.33 bits per heavy atom. The molecule has 0 saturated heterocycles. The number of rotatable bonds is 3. The molecule has 0 unspecified atom stereocenters. The maximum Gasteiger partial charge on any atom is 0.355 e. The lowest BCUT2D eigenvalue weighted by atomic mass is 10.1. The average molecular weight is 245 g/mol. The van der Waals surface area contributed by atoms with Crippen molar-refractivity contribution in [1.29, 1.82) is 0 Å². The van der Waals surface area contributed by atoms with Crippen molar-refractivity contribution in [2.75, 3.05) is 6.61 Å². The highest BCUT2D eigenvalue weighted by atomic mass is 16.5. The zero-order valence-electron chi connectivity index (χ0n) is 10.7. The molecule has 0 amide bonds. The van der Waals surface area contributed by atoms with Crippen molar-refractivity contribution in [3.8, 4) is 0 Å². The molecule has 2 aromatic rings. The van der Waals surface area contributed by atoms with Gasteiger partial charge >= 0.3 is 5.97 Å². The number of esters is 1. The summed E-state index contributed by atoms with van der Waals surface area (Å²) in [4.78, 5) is 26.5. The molecule has 18 heavy (non-hydrogen) atoms. The largest absolute Gasteiger partial charge is 0.461 e. The normalized spacial score (nSPS) is 10.6. The Morgan fingerprint density at radius 3 is 2.67 bits per heavy atom. The molecule has 0 atom stereocenters. The molecule has 0 aliphatic heterocycles. The minimum absolute atomic E-state index is 0.144. The van der Waals surface area contributed by atoms with Crippen molar-refractivity contribution < 1.29 is 14.3 Å². The molecule has 1 aromatic carbocycles. The molecule has 0 spiro atoms. The molecule has 0 saturated carbocycles. The van der Waals surface area contributed by atoms with Crippen LogP contribution in [0.2, 0.25) is 0 Å². The van der Waals surface area contributed by atoms with Crippen molar-refractivity contribution in [3.05, 3.63) is 35.0 Å². The first kappa shape index (κ1) is 12.4. The third-order valence-corrected chi connectivity index (χ3v) is 2.79. The summed E-state index contributed by atoms with van der Waals surface area (Å²) in [5.74, 6) is -0.633. The Hall–Kier alpha value is -2.10. The monoisotopic (exact) mass is 245 g/mol. The van der Waals surface area contributed by atoms with Crippen molar-refractivity contribution in [2.24, 2.45) is 0 Å². The Labute approximate surface area is 105 Å². The molecule has 0 bridgehead atoms. The second-order valence-corrected chi connectivity index (χ2v) is 4.20. The Balaban J connectivity index is 2.69. The number of nitrogens with one attached hydrogen (secondary N) is 1. The SMILES string of the molecule is CCOC(=O)c1[nH]c2ccc(C)cc2c1C(C)=O. The van der Waals surface area contributed by atoms with E-state index in [-0.39, 0.29) is 18.1 Å². The van der Waals surface area contributed by atoms with Gasteiger partial charge in [0.25, 0.3) is 0 Å². The summed E-state index contributed by atoms with van der Waals surface area (Å²) >= 11 is 0. The molecule has 94 valence electrons. The van der Waals surface area contributed by atoms with E-state index in [0.29, 0.717) is 5.56 Å². The molecule has 4 nitrogen and oxygen atoms in total. The number of benzene rings is 1. The van der Waals surface area contributed by atoms with Gasteiger partial charge in [-0.1, -0.05) is 11.6 Å². The highest BCUT2D eigenvalue weighted by Gasteiger charge is 2.21. The summed E-state index contributed by atoms with van der Waals surface area (Å²) in [5.41, 5.74) is 2.46. The van der Waals surface area contributed by atoms with Crippen molar-refractivity contribution in [3.63, 3.8) is 0 Å². The first-order valence-electron chi connectivity index (χ1n) is 5.85. The van der Waals surface area contributed by atoms with E-state index in [2.05, 4.69) is 4.98 Å². The molecule has 0 aliphatic rings. The second kappa shape index (κ2) is 4.64. The fourth-order valence-electron chi connectivity index (χ4n) is 2.03. The Morgan fingerprint density at radius 2 is 2.06 bits per heavy atom. The molecule has 4 heteroatoms. The van der Waals surface area contributed by atoms with Crippen molar-refractivity contribution in [2.45, 2.75) is 20.8 Å².